The molecule has 1 aromatic heterocycles. The molecule has 9 heteroatoms. The van der Waals surface area contributed by atoms with Crippen LogP contribution in [0.4, 0.5) is 11.5 Å². The molecular weight excluding hydrogens is 360 g/mol. The second-order valence-electron chi connectivity index (χ2n) is 6.10. The van der Waals surface area contributed by atoms with Gasteiger partial charge in [-0.05, 0) is 34.9 Å². The van der Waals surface area contributed by atoms with Crippen molar-refractivity contribution in [3.05, 3.63) is 52.5 Å². The molecule has 1 aliphatic rings. The molecule has 3 rings (SSSR count). The maximum Gasteiger partial charge on any atom is 0.228 e. The number of hydrogen-bond donors (Lipinski definition) is 2. The minimum atomic E-state index is 0.0237. The molecule has 1 aromatic carbocycles. The van der Waals surface area contributed by atoms with Crippen LogP contribution in [-0.4, -0.2) is 50.4 Å². The van der Waals surface area contributed by atoms with E-state index in [-0.39, 0.29) is 5.91 Å². The van der Waals surface area contributed by atoms with E-state index in [4.69, 9.17) is 15.0 Å². The van der Waals surface area contributed by atoms with Gasteiger partial charge >= 0.3 is 0 Å². The molecule has 1 amide bonds. The average molecular weight is 382 g/mol. The Morgan fingerprint density at radius 2 is 2.07 bits per heavy atom. The second-order valence-corrected chi connectivity index (χ2v) is 6.10. The highest BCUT2D eigenvalue weighted by atomic mass is 16.5. The molecular formula is C19H22N6O3. The third-order valence-corrected chi connectivity index (χ3v) is 4.16. The zero-order valence-corrected chi connectivity index (χ0v) is 15.4. The smallest absolute Gasteiger partial charge is 0.228 e. The van der Waals surface area contributed by atoms with Crippen molar-refractivity contribution in [1.29, 1.82) is 0 Å². The molecule has 0 unspecified atom stereocenters. The van der Waals surface area contributed by atoms with Crippen LogP contribution in [0.5, 0.6) is 0 Å². The number of rotatable bonds is 11. The molecule has 2 heterocycles. The molecule has 0 saturated carbocycles. The van der Waals surface area contributed by atoms with Gasteiger partial charge in [-0.1, -0.05) is 17.2 Å². The first-order chi connectivity index (χ1) is 13.8. The minimum Gasteiger partial charge on any atom is -0.379 e. The summed E-state index contributed by atoms with van der Waals surface area (Å²) < 4.78 is 10.8. The quantitative estimate of drug-likeness (QED) is 0.268. The van der Waals surface area contributed by atoms with Gasteiger partial charge in [-0.3, -0.25) is 4.79 Å². The number of pyridine rings is 1. The SMILES string of the molecule is [N-]=[N+]=NCCOCCOCCNc1ncccc1-c1ccc2c(c1)NC(=O)C2. The highest BCUT2D eigenvalue weighted by Crippen LogP contribution is 2.32. The third kappa shape index (κ3) is 5.43. The summed E-state index contributed by atoms with van der Waals surface area (Å²) in [4.78, 5) is 18.6. The number of nitrogens with zero attached hydrogens (tertiary/aromatic N) is 4. The molecule has 1 aliphatic heterocycles. The first-order valence-corrected chi connectivity index (χ1v) is 9.06. The summed E-state index contributed by atoms with van der Waals surface area (Å²) in [7, 11) is 0. The Labute approximate surface area is 162 Å². The van der Waals surface area contributed by atoms with Gasteiger partial charge < -0.3 is 20.1 Å². The van der Waals surface area contributed by atoms with Crippen LogP contribution in [0, 0.1) is 0 Å². The number of ether oxygens (including phenoxy) is 2. The van der Waals surface area contributed by atoms with Crippen molar-refractivity contribution in [3.63, 3.8) is 0 Å². The Morgan fingerprint density at radius 1 is 1.21 bits per heavy atom. The van der Waals surface area contributed by atoms with Gasteiger partial charge in [0, 0.05) is 35.4 Å². The van der Waals surface area contributed by atoms with Crippen LogP contribution >= 0.6 is 0 Å². The predicted molar refractivity (Wildman–Crippen MR) is 106 cm³/mol. The average Bonchev–Trinajstić information content (AvgIpc) is 3.09. The Hall–Kier alpha value is -3.13. The number of carbonyl (C=O) groups is 1. The zero-order valence-electron chi connectivity index (χ0n) is 15.4. The van der Waals surface area contributed by atoms with Crippen molar-refractivity contribution < 1.29 is 14.3 Å². The van der Waals surface area contributed by atoms with Gasteiger partial charge in [-0.2, -0.15) is 0 Å². The molecule has 0 aliphatic carbocycles. The van der Waals surface area contributed by atoms with Gasteiger partial charge in [0.15, 0.2) is 0 Å². The van der Waals surface area contributed by atoms with Crippen molar-refractivity contribution >= 4 is 17.4 Å². The third-order valence-electron chi connectivity index (χ3n) is 4.16. The lowest BCUT2D eigenvalue weighted by Gasteiger charge is -2.12. The van der Waals surface area contributed by atoms with Crippen LogP contribution in [0.3, 0.4) is 0 Å². The van der Waals surface area contributed by atoms with Crippen LogP contribution in [0.15, 0.2) is 41.6 Å². The number of benzene rings is 1. The highest BCUT2D eigenvalue weighted by molar-refractivity contribution is 6.00. The molecule has 0 spiro atoms. The molecule has 146 valence electrons. The van der Waals surface area contributed by atoms with E-state index in [1.807, 2.05) is 30.3 Å². The second kappa shape index (κ2) is 10.3. The van der Waals surface area contributed by atoms with Crippen LogP contribution in [-0.2, 0) is 20.7 Å². The monoisotopic (exact) mass is 382 g/mol. The maximum atomic E-state index is 11.6. The van der Waals surface area contributed by atoms with Crippen LogP contribution < -0.4 is 10.6 Å². The topological polar surface area (TPSA) is 121 Å². The highest BCUT2D eigenvalue weighted by Gasteiger charge is 2.18. The lowest BCUT2D eigenvalue weighted by atomic mass is 10.0. The van der Waals surface area contributed by atoms with E-state index >= 15 is 0 Å². The molecule has 2 N–H and O–H groups in total. The Morgan fingerprint density at radius 3 is 2.93 bits per heavy atom. The van der Waals surface area contributed by atoms with Crippen molar-refractivity contribution in [3.8, 4) is 11.1 Å². The number of fused-ring (bicyclic) bond motifs is 1. The number of aromatic nitrogens is 1. The lowest BCUT2D eigenvalue weighted by molar-refractivity contribution is -0.115. The van der Waals surface area contributed by atoms with Crippen molar-refractivity contribution in [1.82, 2.24) is 4.98 Å². The van der Waals surface area contributed by atoms with E-state index in [1.54, 1.807) is 6.20 Å². The van der Waals surface area contributed by atoms with Gasteiger partial charge in [-0.25, -0.2) is 4.98 Å². The largest absolute Gasteiger partial charge is 0.379 e. The Kier molecular flexibility index (Phi) is 7.20. The summed E-state index contributed by atoms with van der Waals surface area (Å²) >= 11 is 0. The number of anilines is 2. The molecule has 28 heavy (non-hydrogen) atoms. The fourth-order valence-corrected chi connectivity index (χ4v) is 2.87. The summed E-state index contributed by atoms with van der Waals surface area (Å²) in [6, 6.07) is 9.84. The standard InChI is InChI=1S/C19H22N6O3/c20-25-23-7-9-28-11-10-27-8-6-22-19-16(2-1-5-21-19)14-3-4-15-13-18(26)24-17(15)12-14/h1-5,12H,6-11,13H2,(H,21,22)(H,24,26). The molecule has 0 fully saturated rings. The Balaban J connectivity index is 1.47. The molecule has 9 nitrogen and oxygen atoms in total. The zero-order chi connectivity index (χ0) is 19.6. The van der Waals surface area contributed by atoms with E-state index in [0.29, 0.717) is 45.9 Å². The Bertz CT molecular complexity index is 866. The van der Waals surface area contributed by atoms with E-state index in [9.17, 15) is 4.79 Å². The number of carbonyl (C=O) groups excluding carboxylic acids is 1. The number of azide groups is 1. The molecule has 0 atom stereocenters. The summed E-state index contributed by atoms with van der Waals surface area (Å²) in [5.41, 5.74) is 12.0. The molecule has 0 saturated heterocycles. The fraction of sp³-hybridized carbons (Fsp3) is 0.368. The molecule has 0 bridgehead atoms. The first kappa shape index (κ1) is 19.6. The van der Waals surface area contributed by atoms with E-state index < -0.39 is 0 Å². The number of hydrogen-bond acceptors (Lipinski definition) is 6. The lowest BCUT2D eigenvalue weighted by Crippen LogP contribution is -2.14. The predicted octanol–water partition coefficient (Wildman–Crippen LogP) is 3.00. The van der Waals surface area contributed by atoms with Crippen molar-refractivity contribution in [2.24, 2.45) is 5.11 Å². The van der Waals surface area contributed by atoms with Crippen LogP contribution in [0.25, 0.3) is 21.6 Å². The molecule has 2 aromatic rings. The van der Waals surface area contributed by atoms with Gasteiger partial charge in [0.25, 0.3) is 0 Å². The minimum absolute atomic E-state index is 0.0237. The van der Waals surface area contributed by atoms with Crippen LogP contribution in [0.2, 0.25) is 0 Å². The number of nitrogens with one attached hydrogen (secondary N) is 2. The van der Waals surface area contributed by atoms with Gasteiger partial charge in [0.2, 0.25) is 5.91 Å². The maximum absolute atomic E-state index is 11.6. The number of amides is 1. The summed E-state index contributed by atoms with van der Waals surface area (Å²) in [5.74, 6) is 0.789. The van der Waals surface area contributed by atoms with Gasteiger partial charge in [0.1, 0.15) is 5.82 Å². The van der Waals surface area contributed by atoms with Gasteiger partial charge in [-0.15, -0.1) is 0 Å². The summed E-state index contributed by atoms with van der Waals surface area (Å²) in [6.45, 7) is 2.76. The van der Waals surface area contributed by atoms with Crippen molar-refractivity contribution in [2.45, 2.75) is 6.42 Å². The normalized spacial score (nSPS) is 12.2. The van der Waals surface area contributed by atoms with E-state index in [0.717, 1.165) is 28.2 Å². The summed E-state index contributed by atoms with van der Waals surface area (Å²) in [6.07, 6.45) is 2.17. The van der Waals surface area contributed by atoms with E-state index in [1.165, 1.54) is 0 Å². The fourth-order valence-electron chi connectivity index (χ4n) is 2.87. The van der Waals surface area contributed by atoms with Crippen molar-refractivity contribution in [2.75, 3.05) is 50.2 Å². The van der Waals surface area contributed by atoms with Gasteiger partial charge in [0.05, 0.1) is 32.8 Å². The molecule has 0 radical (unpaired) electrons. The first-order valence-electron chi connectivity index (χ1n) is 9.06. The summed E-state index contributed by atoms with van der Waals surface area (Å²) in [5, 5.41) is 9.55. The van der Waals surface area contributed by atoms with E-state index in [2.05, 4.69) is 25.6 Å². The van der Waals surface area contributed by atoms with Crippen LogP contribution in [0.1, 0.15) is 5.56 Å².